The fourth-order valence-electron chi connectivity index (χ4n) is 5.09. The van der Waals surface area contributed by atoms with Gasteiger partial charge in [0.25, 0.3) is 11.8 Å². The van der Waals surface area contributed by atoms with Crippen LogP contribution in [0, 0.1) is 5.82 Å². The van der Waals surface area contributed by atoms with Crippen LogP contribution in [0.3, 0.4) is 0 Å². The fourth-order valence-corrected chi connectivity index (χ4v) is 5.21. The van der Waals surface area contributed by atoms with E-state index in [9.17, 15) is 27.9 Å². The van der Waals surface area contributed by atoms with E-state index >= 15 is 0 Å². The monoisotopic (exact) mass is 526 g/mol. The van der Waals surface area contributed by atoms with Gasteiger partial charge in [-0.3, -0.25) is 9.59 Å². The number of carbonyl (C=O) groups is 2. The maximum absolute atomic E-state index is 13.6. The van der Waals surface area contributed by atoms with Crippen molar-refractivity contribution in [1.82, 2.24) is 10.6 Å². The second-order valence-corrected chi connectivity index (χ2v) is 9.76. The van der Waals surface area contributed by atoms with E-state index < -0.39 is 41.1 Å². The maximum Gasteiger partial charge on any atom is 0.586 e. The Hall–Kier alpha value is -3.18. The summed E-state index contributed by atoms with van der Waals surface area (Å²) in [6.45, 7) is -0.374. The molecule has 3 saturated carbocycles. The second-order valence-electron chi connectivity index (χ2n) is 9.35. The number of nitrogens with one attached hydrogen (secondary N) is 2. The number of benzene rings is 2. The number of alkyl halides is 2. The molecule has 2 aromatic carbocycles. The summed E-state index contributed by atoms with van der Waals surface area (Å²) >= 11 is 5.64. The van der Waals surface area contributed by atoms with E-state index in [4.69, 9.17) is 16.3 Å². The predicted octanol–water partition coefficient (Wildman–Crippen LogP) is 3.54. The van der Waals surface area contributed by atoms with Gasteiger partial charge in [0.1, 0.15) is 11.6 Å². The van der Waals surface area contributed by atoms with Crippen molar-refractivity contribution in [3.05, 3.63) is 52.8 Å². The van der Waals surface area contributed by atoms with E-state index in [1.165, 1.54) is 30.3 Å². The predicted molar refractivity (Wildman–Crippen MR) is 120 cm³/mol. The van der Waals surface area contributed by atoms with Gasteiger partial charge in [0.15, 0.2) is 18.1 Å². The summed E-state index contributed by atoms with van der Waals surface area (Å²) in [5, 5.41) is 16.6. The maximum atomic E-state index is 13.6. The lowest BCUT2D eigenvalue weighted by Crippen LogP contribution is -2.70. The Balaban J connectivity index is 1.18. The van der Waals surface area contributed by atoms with Gasteiger partial charge in [0.05, 0.1) is 16.7 Å². The molecule has 6 rings (SSSR count). The van der Waals surface area contributed by atoms with Crippen LogP contribution in [0.1, 0.15) is 42.5 Å². The Morgan fingerprint density at radius 1 is 1.06 bits per heavy atom. The molecule has 0 aromatic heterocycles. The highest BCUT2D eigenvalue weighted by molar-refractivity contribution is 6.30. The molecule has 192 valence electrons. The molecule has 1 heterocycles. The van der Waals surface area contributed by atoms with E-state index in [2.05, 4.69) is 20.1 Å². The molecule has 1 atom stereocenters. The number of hydrogen-bond donors (Lipinski definition) is 3. The number of rotatable bonds is 6. The number of amides is 2. The van der Waals surface area contributed by atoms with Crippen LogP contribution in [-0.2, 0) is 4.79 Å². The summed E-state index contributed by atoms with van der Waals surface area (Å²) < 4.78 is 54.2. The topological polar surface area (TPSA) is 106 Å². The van der Waals surface area contributed by atoms with Crippen LogP contribution in [0.4, 0.5) is 13.2 Å². The van der Waals surface area contributed by atoms with Gasteiger partial charge in [-0.05, 0) is 62.4 Å². The molecule has 2 bridgehead atoms. The lowest BCUT2D eigenvalue weighted by Gasteiger charge is -2.56. The van der Waals surface area contributed by atoms with Crippen molar-refractivity contribution >= 4 is 23.4 Å². The highest BCUT2D eigenvalue weighted by Crippen LogP contribution is 2.47. The summed E-state index contributed by atoms with van der Waals surface area (Å²) in [5.41, 5.74) is -1.46. The minimum Gasteiger partial charge on any atom is -0.484 e. The Morgan fingerprint density at radius 3 is 2.47 bits per heavy atom. The first kappa shape index (κ1) is 24.5. The summed E-state index contributed by atoms with van der Waals surface area (Å²) in [5.74, 6) is -1.88. The second kappa shape index (κ2) is 8.74. The zero-order valence-corrected chi connectivity index (χ0v) is 19.5. The number of ether oxygens (including phenoxy) is 3. The van der Waals surface area contributed by atoms with Crippen molar-refractivity contribution in [2.75, 3.05) is 6.61 Å². The highest BCUT2D eigenvalue weighted by atomic mass is 35.5. The van der Waals surface area contributed by atoms with Gasteiger partial charge >= 0.3 is 6.29 Å². The Kier molecular flexibility index (Phi) is 5.95. The summed E-state index contributed by atoms with van der Waals surface area (Å²) in [7, 11) is 0. The van der Waals surface area contributed by atoms with Crippen LogP contribution < -0.4 is 24.8 Å². The van der Waals surface area contributed by atoms with Crippen LogP contribution in [0.15, 0.2) is 36.4 Å². The van der Waals surface area contributed by atoms with Gasteiger partial charge in [-0.15, -0.1) is 8.78 Å². The normalized spacial score (nSPS) is 27.4. The average molecular weight is 527 g/mol. The Bertz CT molecular complexity index is 1220. The fraction of sp³-hybridized carbons (Fsp3) is 0.417. The van der Waals surface area contributed by atoms with Crippen LogP contribution in [0.5, 0.6) is 17.2 Å². The summed E-state index contributed by atoms with van der Waals surface area (Å²) in [6, 6.07) is 7.61. The van der Waals surface area contributed by atoms with Crippen LogP contribution in [0.2, 0.25) is 5.02 Å². The van der Waals surface area contributed by atoms with Crippen LogP contribution in [0.25, 0.3) is 0 Å². The molecule has 2 aromatic rings. The number of fused-ring (bicyclic) bond motifs is 4. The number of halogens is 4. The van der Waals surface area contributed by atoms with Gasteiger partial charge in [-0.1, -0.05) is 11.6 Å². The highest BCUT2D eigenvalue weighted by Gasteiger charge is 2.55. The molecule has 3 N–H and O–H groups in total. The Morgan fingerprint density at radius 2 is 1.78 bits per heavy atom. The van der Waals surface area contributed by atoms with Crippen molar-refractivity contribution in [2.45, 2.75) is 55.6 Å². The lowest BCUT2D eigenvalue weighted by atomic mass is 9.60. The van der Waals surface area contributed by atoms with Crippen molar-refractivity contribution in [1.29, 1.82) is 0 Å². The van der Waals surface area contributed by atoms with Crippen LogP contribution >= 0.6 is 11.6 Å². The van der Waals surface area contributed by atoms with E-state index in [0.29, 0.717) is 25.7 Å². The molecule has 3 aliphatic carbocycles. The molecular weight excluding hydrogens is 505 g/mol. The summed E-state index contributed by atoms with van der Waals surface area (Å²) in [4.78, 5) is 25.4. The lowest BCUT2D eigenvalue weighted by molar-refractivity contribution is -0.286. The molecule has 2 amide bonds. The van der Waals surface area contributed by atoms with Gasteiger partial charge < -0.3 is 30.0 Å². The molecule has 0 spiro atoms. The largest absolute Gasteiger partial charge is 0.586 e. The minimum absolute atomic E-state index is 0.0612. The first-order chi connectivity index (χ1) is 17.0. The number of hydrogen-bond acceptors (Lipinski definition) is 6. The van der Waals surface area contributed by atoms with Crippen molar-refractivity contribution < 1.29 is 42.1 Å². The molecule has 0 unspecified atom stereocenters. The van der Waals surface area contributed by atoms with Gasteiger partial charge in [-0.25, -0.2) is 4.39 Å². The number of aliphatic hydroxyl groups excluding tert-OH is 1. The third-order valence-electron chi connectivity index (χ3n) is 7.01. The molecular formula is C24H22ClF3N2O6. The minimum atomic E-state index is -3.78. The third kappa shape index (κ3) is 4.64. The molecule has 8 nitrogen and oxygen atoms in total. The van der Waals surface area contributed by atoms with E-state index in [1.54, 1.807) is 0 Å². The van der Waals surface area contributed by atoms with E-state index in [-0.39, 0.29) is 40.9 Å². The smallest absolute Gasteiger partial charge is 0.484 e. The van der Waals surface area contributed by atoms with Gasteiger partial charge in [0, 0.05) is 17.2 Å². The molecule has 0 saturated heterocycles. The first-order valence-corrected chi connectivity index (χ1v) is 11.7. The molecule has 12 heteroatoms. The number of carbonyl (C=O) groups excluding carboxylic acids is 2. The molecule has 0 radical (unpaired) electrons. The molecule has 4 aliphatic rings. The quantitative estimate of drug-likeness (QED) is 0.532. The van der Waals surface area contributed by atoms with Gasteiger partial charge in [0.2, 0.25) is 0 Å². The Labute approximate surface area is 208 Å². The molecule has 36 heavy (non-hydrogen) atoms. The summed E-state index contributed by atoms with van der Waals surface area (Å²) in [6.07, 6.45) is -2.73. The standard InChI is InChI=1S/C24H22ClF3N2O6/c25-15-3-2-14(10-16(15)26)34-12-20(32)29-23-7-5-22(6-8-23,11-19(23)31)30-21(33)13-1-4-17-18(9-13)36-24(27,28)35-17/h1-4,9-10,19,31H,5-8,11-12H2,(H,29,32)(H,30,33)/t19-,22?,23?/m0/s1. The molecule has 3 fully saturated rings. The van der Waals surface area contributed by atoms with Crippen molar-refractivity contribution in [2.24, 2.45) is 0 Å². The van der Waals surface area contributed by atoms with E-state index in [0.717, 1.165) is 6.07 Å². The first-order valence-electron chi connectivity index (χ1n) is 11.3. The van der Waals surface area contributed by atoms with Crippen molar-refractivity contribution in [3.8, 4) is 17.2 Å². The van der Waals surface area contributed by atoms with Crippen molar-refractivity contribution in [3.63, 3.8) is 0 Å². The average Bonchev–Trinajstić information content (AvgIpc) is 3.14. The van der Waals surface area contributed by atoms with E-state index in [1.807, 2.05) is 0 Å². The molecule has 1 aliphatic heterocycles. The third-order valence-corrected chi connectivity index (χ3v) is 7.32. The zero-order chi connectivity index (χ0) is 25.7. The van der Waals surface area contributed by atoms with Crippen LogP contribution in [-0.4, -0.2) is 47.0 Å². The van der Waals surface area contributed by atoms with Gasteiger partial charge in [-0.2, -0.15) is 0 Å². The number of aliphatic hydroxyl groups is 1. The zero-order valence-electron chi connectivity index (χ0n) is 18.8. The SMILES string of the molecule is O=C(COc1ccc(Cl)c(F)c1)NC12CCC(NC(=O)c3ccc4c(c3)OC(F)(F)O4)(CC1)C[C@@H]2O.